The molecule has 0 saturated carbocycles. The van der Waals surface area contributed by atoms with Crippen molar-refractivity contribution in [3.8, 4) is 0 Å². The van der Waals surface area contributed by atoms with Crippen LogP contribution in [0.4, 0.5) is 0 Å². The summed E-state index contributed by atoms with van der Waals surface area (Å²) in [5.74, 6) is -0.686. The second kappa shape index (κ2) is 17.4. The number of carbonyl (C=O) groups is 3. The molecular formula is C19H37N3O6. The molecule has 0 atom stereocenters. The Balaban J connectivity index is 4.43. The van der Waals surface area contributed by atoms with E-state index in [9.17, 15) is 14.4 Å². The maximum absolute atomic E-state index is 11.5. The fraction of sp³-hybridized carbons (Fsp3) is 0.842. The van der Waals surface area contributed by atoms with Gasteiger partial charge < -0.3 is 29.3 Å². The van der Waals surface area contributed by atoms with Gasteiger partial charge in [-0.15, -0.1) is 0 Å². The summed E-state index contributed by atoms with van der Waals surface area (Å²) in [6, 6.07) is 0. The summed E-state index contributed by atoms with van der Waals surface area (Å²) >= 11 is 0. The van der Waals surface area contributed by atoms with E-state index in [1.54, 1.807) is 0 Å². The molecule has 1 N–H and O–H groups in total. The molecule has 0 aromatic heterocycles. The predicted octanol–water partition coefficient (Wildman–Crippen LogP) is 0.279. The first kappa shape index (κ1) is 26.3. The van der Waals surface area contributed by atoms with Crippen molar-refractivity contribution < 1.29 is 28.6 Å². The number of hydrogen-bond acceptors (Lipinski definition) is 9. The minimum Gasteiger partial charge on any atom is -0.469 e. The normalized spacial score (nSPS) is 10.9. The van der Waals surface area contributed by atoms with Crippen LogP contribution in [0, 0.1) is 0 Å². The minimum atomic E-state index is -0.240. The Morgan fingerprint density at radius 2 is 1.11 bits per heavy atom. The Morgan fingerprint density at radius 1 is 0.643 bits per heavy atom. The predicted molar refractivity (Wildman–Crippen MR) is 106 cm³/mol. The van der Waals surface area contributed by atoms with E-state index in [2.05, 4.69) is 26.8 Å². The highest BCUT2D eigenvalue weighted by Crippen LogP contribution is 1.99. The van der Waals surface area contributed by atoms with Crippen LogP contribution < -0.4 is 5.32 Å². The maximum Gasteiger partial charge on any atom is 0.306 e. The summed E-state index contributed by atoms with van der Waals surface area (Å²) in [5.41, 5.74) is 0. The van der Waals surface area contributed by atoms with E-state index >= 15 is 0 Å². The average Bonchev–Trinajstić information content (AvgIpc) is 2.71. The third kappa shape index (κ3) is 14.4. The third-order valence-corrected chi connectivity index (χ3v) is 4.33. The SMILES string of the molecule is CCCN(CCC(=O)OC)CCN(CCNCCC(=O)OC)CCC(=O)OC. The zero-order valence-corrected chi connectivity index (χ0v) is 17.8. The first-order valence-corrected chi connectivity index (χ1v) is 9.82. The standard InChI is InChI=1S/C19H37N3O6/c1-5-11-21(12-7-18(24)27-3)15-16-22(13-8-19(25)28-4)14-10-20-9-6-17(23)26-2/h20H,5-16H2,1-4H3. The molecule has 0 aromatic carbocycles. The van der Waals surface area contributed by atoms with Gasteiger partial charge in [0, 0.05) is 45.8 Å². The van der Waals surface area contributed by atoms with Crippen LogP contribution in [0.15, 0.2) is 0 Å². The number of nitrogens with one attached hydrogen (secondary N) is 1. The molecule has 0 amide bonds. The van der Waals surface area contributed by atoms with Crippen molar-refractivity contribution >= 4 is 17.9 Å². The zero-order chi connectivity index (χ0) is 21.2. The molecule has 28 heavy (non-hydrogen) atoms. The molecule has 0 bridgehead atoms. The van der Waals surface area contributed by atoms with E-state index in [-0.39, 0.29) is 17.9 Å². The molecule has 0 aliphatic carbocycles. The quantitative estimate of drug-likeness (QED) is 0.209. The van der Waals surface area contributed by atoms with Crippen LogP contribution in [0.5, 0.6) is 0 Å². The molecular weight excluding hydrogens is 366 g/mol. The summed E-state index contributed by atoms with van der Waals surface area (Å²) in [4.78, 5) is 38.4. The molecule has 164 valence electrons. The van der Waals surface area contributed by atoms with Crippen molar-refractivity contribution in [1.29, 1.82) is 0 Å². The highest BCUT2D eigenvalue weighted by molar-refractivity contribution is 5.69. The molecule has 0 aliphatic heterocycles. The molecule has 0 spiro atoms. The highest BCUT2D eigenvalue weighted by Gasteiger charge is 2.12. The van der Waals surface area contributed by atoms with Crippen LogP contribution >= 0.6 is 0 Å². The van der Waals surface area contributed by atoms with Gasteiger partial charge in [-0.2, -0.15) is 0 Å². The number of methoxy groups -OCH3 is 3. The van der Waals surface area contributed by atoms with Crippen molar-refractivity contribution in [3.63, 3.8) is 0 Å². The van der Waals surface area contributed by atoms with Gasteiger partial charge in [-0.05, 0) is 13.0 Å². The van der Waals surface area contributed by atoms with Gasteiger partial charge in [-0.3, -0.25) is 14.4 Å². The molecule has 0 aromatic rings. The van der Waals surface area contributed by atoms with Crippen molar-refractivity contribution in [2.45, 2.75) is 32.6 Å². The van der Waals surface area contributed by atoms with E-state index in [4.69, 9.17) is 9.47 Å². The first-order valence-electron chi connectivity index (χ1n) is 9.82. The largest absolute Gasteiger partial charge is 0.469 e. The zero-order valence-electron chi connectivity index (χ0n) is 17.8. The Labute approximate surface area is 168 Å². The maximum atomic E-state index is 11.5. The van der Waals surface area contributed by atoms with E-state index in [1.165, 1.54) is 21.3 Å². The number of hydrogen-bond donors (Lipinski definition) is 1. The molecule has 0 saturated heterocycles. The monoisotopic (exact) mass is 403 g/mol. The fourth-order valence-corrected chi connectivity index (χ4v) is 2.63. The Bertz CT molecular complexity index is 447. The van der Waals surface area contributed by atoms with Crippen LogP contribution in [0.25, 0.3) is 0 Å². The van der Waals surface area contributed by atoms with E-state index in [0.29, 0.717) is 45.4 Å². The number of esters is 3. The third-order valence-electron chi connectivity index (χ3n) is 4.33. The summed E-state index contributed by atoms with van der Waals surface area (Å²) in [5, 5.41) is 3.21. The Morgan fingerprint density at radius 3 is 1.57 bits per heavy atom. The topological polar surface area (TPSA) is 97.4 Å². The van der Waals surface area contributed by atoms with Crippen molar-refractivity contribution in [3.05, 3.63) is 0 Å². The number of nitrogens with zero attached hydrogens (tertiary/aromatic N) is 2. The first-order chi connectivity index (χ1) is 13.5. The van der Waals surface area contributed by atoms with Crippen LogP contribution in [-0.2, 0) is 28.6 Å². The molecule has 0 fully saturated rings. The molecule has 0 radical (unpaired) electrons. The fourth-order valence-electron chi connectivity index (χ4n) is 2.63. The second-order valence-corrected chi connectivity index (χ2v) is 6.41. The Hall–Kier alpha value is -1.71. The Kier molecular flexibility index (Phi) is 16.3. The number of rotatable bonds is 17. The smallest absolute Gasteiger partial charge is 0.306 e. The summed E-state index contributed by atoms with van der Waals surface area (Å²) in [7, 11) is 4.16. The molecule has 0 rings (SSSR count). The lowest BCUT2D eigenvalue weighted by Gasteiger charge is -2.27. The molecule has 0 heterocycles. The molecule has 0 unspecified atom stereocenters. The summed E-state index contributed by atoms with van der Waals surface area (Å²) in [6.07, 6.45) is 2.03. The summed E-state index contributed by atoms with van der Waals surface area (Å²) < 4.78 is 14.1. The average molecular weight is 404 g/mol. The van der Waals surface area contributed by atoms with Crippen LogP contribution in [0.3, 0.4) is 0 Å². The van der Waals surface area contributed by atoms with Crippen molar-refractivity contribution in [1.82, 2.24) is 15.1 Å². The van der Waals surface area contributed by atoms with Gasteiger partial charge in [0.2, 0.25) is 0 Å². The molecule has 0 aliphatic rings. The van der Waals surface area contributed by atoms with E-state index < -0.39 is 0 Å². The van der Waals surface area contributed by atoms with Gasteiger partial charge in [0.15, 0.2) is 0 Å². The van der Waals surface area contributed by atoms with Crippen LogP contribution in [-0.4, -0.2) is 101 Å². The van der Waals surface area contributed by atoms with Gasteiger partial charge in [-0.25, -0.2) is 0 Å². The van der Waals surface area contributed by atoms with Crippen molar-refractivity contribution in [2.75, 3.05) is 73.7 Å². The van der Waals surface area contributed by atoms with Gasteiger partial charge in [0.05, 0.1) is 40.6 Å². The minimum absolute atomic E-state index is 0.210. The van der Waals surface area contributed by atoms with Gasteiger partial charge in [0.1, 0.15) is 0 Å². The number of ether oxygens (including phenoxy) is 3. The lowest BCUT2D eigenvalue weighted by molar-refractivity contribution is -0.142. The van der Waals surface area contributed by atoms with Gasteiger partial charge in [-0.1, -0.05) is 6.92 Å². The van der Waals surface area contributed by atoms with Crippen LogP contribution in [0.2, 0.25) is 0 Å². The van der Waals surface area contributed by atoms with E-state index in [1.807, 2.05) is 0 Å². The van der Waals surface area contributed by atoms with Crippen LogP contribution in [0.1, 0.15) is 32.6 Å². The van der Waals surface area contributed by atoms with Crippen molar-refractivity contribution in [2.24, 2.45) is 0 Å². The van der Waals surface area contributed by atoms with Gasteiger partial charge >= 0.3 is 17.9 Å². The van der Waals surface area contributed by atoms with Gasteiger partial charge in [0.25, 0.3) is 0 Å². The summed E-state index contributed by atoms with van der Waals surface area (Å²) in [6.45, 7) is 7.84. The molecule has 9 heteroatoms. The molecule has 9 nitrogen and oxygen atoms in total. The number of carbonyl (C=O) groups excluding carboxylic acids is 3. The lowest BCUT2D eigenvalue weighted by Crippen LogP contribution is -2.40. The highest BCUT2D eigenvalue weighted by atomic mass is 16.5. The lowest BCUT2D eigenvalue weighted by atomic mass is 10.3. The van der Waals surface area contributed by atoms with E-state index in [0.717, 1.165) is 32.6 Å². The second-order valence-electron chi connectivity index (χ2n) is 6.41.